The van der Waals surface area contributed by atoms with Crippen LogP contribution in [0.15, 0.2) is 29.2 Å². The van der Waals surface area contributed by atoms with Gasteiger partial charge in [-0.1, -0.05) is 0 Å². The Morgan fingerprint density at radius 1 is 1.13 bits per heavy atom. The van der Waals surface area contributed by atoms with Gasteiger partial charge in [0.2, 0.25) is 0 Å². The molecule has 0 amide bonds. The second-order valence-electron chi connectivity index (χ2n) is 2.53. The van der Waals surface area contributed by atoms with E-state index in [1.807, 2.05) is 0 Å². The van der Waals surface area contributed by atoms with Gasteiger partial charge in [0.15, 0.2) is 0 Å². The van der Waals surface area contributed by atoms with Crippen LogP contribution in [-0.2, 0) is 15.3 Å². The molecule has 0 fully saturated rings. The minimum absolute atomic E-state index is 0.0190. The molecule has 0 spiro atoms. The average molecular weight is 258 g/mol. The summed E-state index contributed by atoms with van der Waals surface area (Å²) >= 11 is 0. The molecule has 1 aromatic carbocycles. The van der Waals surface area contributed by atoms with Crippen molar-refractivity contribution < 1.29 is 26.1 Å². The van der Waals surface area contributed by atoms with E-state index >= 15 is 0 Å². The third-order valence-electron chi connectivity index (χ3n) is 1.38. The number of rotatable bonds is 2. The zero-order chi connectivity index (χ0) is 11.7. The lowest BCUT2D eigenvalue weighted by atomic mass is 10.2. The number of benzene rings is 1. The highest BCUT2D eigenvalue weighted by molar-refractivity contribution is 8.69. The Morgan fingerprint density at radius 2 is 1.60 bits per heavy atom. The molecule has 84 valence electrons. The molecule has 0 aliphatic carbocycles. The van der Waals surface area contributed by atoms with Crippen molar-refractivity contribution in [3.05, 3.63) is 29.8 Å². The smallest absolute Gasteiger partial charge is 0.277 e. The SMILES string of the molecule is O=S(=O)(O)Sc1ccc(C(F)(F)F)cc1. The zero-order valence-corrected chi connectivity index (χ0v) is 8.66. The van der Waals surface area contributed by atoms with E-state index in [0.29, 0.717) is 0 Å². The standard InChI is InChI=1S/C7H5F3O3S2/c8-7(9,10)5-1-3-6(4-2-5)14-15(11,12)13/h1-4H,(H,11,12,13). The molecule has 1 N–H and O–H groups in total. The summed E-state index contributed by atoms with van der Waals surface area (Å²) in [7, 11) is -4.21. The van der Waals surface area contributed by atoms with Crippen LogP contribution in [0.1, 0.15) is 5.56 Å². The highest BCUT2D eigenvalue weighted by Gasteiger charge is 2.30. The molecule has 15 heavy (non-hydrogen) atoms. The van der Waals surface area contributed by atoms with Gasteiger partial charge in [-0.05, 0) is 24.3 Å². The van der Waals surface area contributed by atoms with Crippen LogP contribution in [0, 0.1) is 0 Å². The second-order valence-corrected chi connectivity index (χ2v) is 5.79. The maximum absolute atomic E-state index is 12.1. The molecule has 1 aromatic rings. The molecule has 0 atom stereocenters. The Hall–Kier alpha value is -0.730. The molecule has 0 saturated carbocycles. The fourth-order valence-corrected chi connectivity index (χ4v) is 2.37. The lowest BCUT2D eigenvalue weighted by Gasteiger charge is -2.06. The van der Waals surface area contributed by atoms with Gasteiger partial charge < -0.3 is 0 Å². The first-order valence-corrected chi connectivity index (χ1v) is 6.30. The van der Waals surface area contributed by atoms with E-state index in [1.54, 1.807) is 0 Å². The van der Waals surface area contributed by atoms with E-state index < -0.39 is 20.9 Å². The number of halogens is 3. The molecule has 0 radical (unpaired) electrons. The van der Waals surface area contributed by atoms with Gasteiger partial charge >= 0.3 is 15.3 Å². The van der Waals surface area contributed by atoms with Gasteiger partial charge in [-0.25, -0.2) is 0 Å². The van der Waals surface area contributed by atoms with Crippen LogP contribution in [0.4, 0.5) is 13.2 Å². The van der Waals surface area contributed by atoms with E-state index in [1.165, 1.54) is 0 Å². The topological polar surface area (TPSA) is 54.4 Å². The predicted molar refractivity (Wildman–Crippen MR) is 48.8 cm³/mol. The van der Waals surface area contributed by atoms with Gasteiger partial charge in [0.25, 0.3) is 0 Å². The van der Waals surface area contributed by atoms with Crippen molar-refractivity contribution in [3.63, 3.8) is 0 Å². The van der Waals surface area contributed by atoms with Gasteiger partial charge in [-0.2, -0.15) is 21.6 Å². The van der Waals surface area contributed by atoms with Crippen LogP contribution in [-0.4, -0.2) is 13.0 Å². The van der Waals surface area contributed by atoms with Crippen molar-refractivity contribution in [2.75, 3.05) is 0 Å². The van der Waals surface area contributed by atoms with Crippen LogP contribution in [0.2, 0.25) is 0 Å². The largest absolute Gasteiger partial charge is 0.416 e. The third-order valence-corrected chi connectivity index (χ3v) is 3.27. The molecule has 0 saturated heterocycles. The number of hydrogen-bond acceptors (Lipinski definition) is 3. The normalized spacial score (nSPS) is 12.8. The Balaban J connectivity index is 2.91. The van der Waals surface area contributed by atoms with E-state index in [4.69, 9.17) is 4.55 Å². The molecule has 1 rings (SSSR count). The first-order chi connectivity index (χ1) is 6.68. The average Bonchev–Trinajstić information content (AvgIpc) is 2.00. The molecular weight excluding hydrogens is 253 g/mol. The highest BCUT2D eigenvalue weighted by atomic mass is 33.1. The second kappa shape index (κ2) is 4.03. The summed E-state index contributed by atoms with van der Waals surface area (Å²) < 4.78 is 65.4. The van der Waals surface area contributed by atoms with Crippen LogP contribution < -0.4 is 0 Å². The summed E-state index contributed by atoms with van der Waals surface area (Å²) in [6.07, 6.45) is -4.46. The maximum atomic E-state index is 12.1. The molecule has 0 heterocycles. The Labute approximate surface area is 87.4 Å². The van der Waals surface area contributed by atoms with Crippen molar-refractivity contribution >= 4 is 19.9 Å². The van der Waals surface area contributed by atoms with Gasteiger partial charge in [0.05, 0.1) is 5.56 Å². The minimum atomic E-state index is -4.46. The third kappa shape index (κ3) is 4.10. The van der Waals surface area contributed by atoms with Gasteiger partial charge in [0, 0.05) is 15.7 Å². The van der Waals surface area contributed by atoms with Crippen molar-refractivity contribution in [2.45, 2.75) is 11.1 Å². The molecule has 0 bridgehead atoms. The maximum Gasteiger partial charge on any atom is 0.416 e. The van der Waals surface area contributed by atoms with E-state index in [-0.39, 0.29) is 15.7 Å². The molecule has 0 aliphatic rings. The highest BCUT2D eigenvalue weighted by Crippen LogP contribution is 2.31. The number of hydrogen-bond donors (Lipinski definition) is 1. The van der Waals surface area contributed by atoms with Crippen molar-refractivity contribution in [2.24, 2.45) is 0 Å². The van der Waals surface area contributed by atoms with Crippen LogP contribution >= 0.6 is 10.8 Å². The Kier molecular flexibility index (Phi) is 3.31. The summed E-state index contributed by atoms with van der Waals surface area (Å²) in [5.74, 6) is 0. The fourth-order valence-electron chi connectivity index (χ4n) is 0.821. The van der Waals surface area contributed by atoms with Crippen molar-refractivity contribution in [1.29, 1.82) is 0 Å². The molecular formula is C7H5F3O3S2. The predicted octanol–water partition coefficient (Wildman–Crippen LogP) is 2.60. The Bertz CT molecular complexity index is 436. The minimum Gasteiger partial charge on any atom is -0.277 e. The van der Waals surface area contributed by atoms with Crippen molar-refractivity contribution in [1.82, 2.24) is 0 Å². The zero-order valence-electron chi connectivity index (χ0n) is 7.02. The van der Waals surface area contributed by atoms with E-state index in [0.717, 1.165) is 24.3 Å². The lowest BCUT2D eigenvalue weighted by molar-refractivity contribution is -0.137. The number of alkyl halides is 3. The van der Waals surface area contributed by atoms with Gasteiger partial charge in [-0.3, -0.25) is 4.55 Å². The van der Waals surface area contributed by atoms with Crippen LogP contribution in [0.5, 0.6) is 0 Å². The first-order valence-electron chi connectivity index (χ1n) is 3.53. The summed E-state index contributed by atoms with van der Waals surface area (Å²) in [6.45, 7) is 0. The van der Waals surface area contributed by atoms with Gasteiger partial charge in [0.1, 0.15) is 0 Å². The monoisotopic (exact) mass is 258 g/mol. The van der Waals surface area contributed by atoms with Crippen molar-refractivity contribution in [3.8, 4) is 0 Å². The summed E-state index contributed by atoms with van der Waals surface area (Å²) in [6, 6.07) is 3.43. The fraction of sp³-hybridized carbons (Fsp3) is 0.143. The van der Waals surface area contributed by atoms with E-state index in [9.17, 15) is 21.6 Å². The lowest BCUT2D eigenvalue weighted by Crippen LogP contribution is -2.04. The summed E-state index contributed by atoms with van der Waals surface area (Å²) in [4.78, 5) is 0.0190. The summed E-state index contributed by atoms with van der Waals surface area (Å²) in [5, 5.41) is 0. The molecule has 0 aliphatic heterocycles. The van der Waals surface area contributed by atoms with E-state index in [2.05, 4.69) is 0 Å². The van der Waals surface area contributed by atoms with Crippen LogP contribution in [0.25, 0.3) is 0 Å². The Morgan fingerprint density at radius 3 is 1.93 bits per heavy atom. The molecule has 0 aromatic heterocycles. The van der Waals surface area contributed by atoms with Gasteiger partial charge in [-0.15, -0.1) is 0 Å². The first kappa shape index (κ1) is 12.3. The van der Waals surface area contributed by atoms with Crippen LogP contribution in [0.3, 0.4) is 0 Å². The molecule has 3 nitrogen and oxygen atoms in total. The quantitative estimate of drug-likeness (QED) is 0.654. The summed E-state index contributed by atoms with van der Waals surface area (Å²) in [5.41, 5.74) is -0.873. The molecule has 0 unspecified atom stereocenters. The molecule has 8 heteroatoms.